The zero-order chi connectivity index (χ0) is 15.6. The molecule has 1 amide bonds. The zero-order valence-corrected chi connectivity index (χ0v) is 12.2. The Morgan fingerprint density at radius 1 is 1.43 bits per heavy atom. The first-order chi connectivity index (χ1) is 9.84. The second-order valence-corrected chi connectivity index (χ2v) is 6.23. The maximum atomic E-state index is 14.0. The van der Waals surface area contributed by atoms with Gasteiger partial charge in [-0.15, -0.1) is 0 Å². The summed E-state index contributed by atoms with van der Waals surface area (Å²) >= 11 is 1.72. The molecule has 0 N–H and O–H groups in total. The number of benzene rings is 1. The first kappa shape index (κ1) is 16.1. The van der Waals surface area contributed by atoms with Crippen LogP contribution < -0.4 is 0 Å². The van der Waals surface area contributed by atoms with E-state index in [-0.39, 0.29) is 5.25 Å². The molecule has 1 fully saturated rings. The molecular formula is C14H15F4NOS. The summed E-state index contributed by atoms with van der Waals surface area (Å²) in [6.45, 7) is 2.85. The highest BCUT2D eigenvalue weighted by Crippen LogP contribution is 2.33. The molecule has 1 saturated heterocycles. The lowest BCUT2D eigenvalue weighted by molar-refractivity contribution is -0.140. The Hall–Kier alpha value is -1.24. The fourth-order valence-corrected chi connectivity index (χ4v) is 3.42. The number of alkyl halides is 3. The highest BCUT2D eigenvalue weighted by atomic mass is 32.2. The lowest BCUT2D eigenvalue weighted by Gasteiger charge is -2.32. The lowest BCUT2D eigenvalue weighted by Crippen LogP contribution is -2.42. The van der Waals surface area contributed by atoms with Gasteiger partial charge in [-0.2, -0.15) is 24.9 Å². The summed E-state index contributed by atoms with van der Waals surface area (Å²) in [5, 5.41) is 0.247. The van der Waals surface area contributed by atoms with Gasteiger partial charge in [0.15, 0.2) is 0 Å². The van der Waals surface area contributed by atoms with Crippen molar-refractivity contribution in [1.29, 1.82) is 0 Å². The molecule has 0 saturated carbocycles. The Labute approximate surface area is 124 Å². The maximum Gasteiger partial charge on any atom is 0.419 e. The average molecular weight is 321 g/mol. The molecule has 1 unspecified atom stereocenters. The minimum absolute atomic E-state index is 0.247. The summed E-state index contributed by atoms with van der Waals surface area (Å²) in [6.07, 6.45) is -3.94. The van der Waals surface area contributed by atoms with Gasteiger partial charge in [0.2, 0.25) is 0 Å². The second kappa shape index (κ2) is 6.25. The molecule has 1 aromatic rings. The molecule has 0 spiro atoms. The molecular weight excluding hydrogens is 306 g/mol. The van der Waals surface area contributed by atoms with Crippen molar-refractivity contribution in [3.05, 3.63) is 35.1 Å². The smallest absolute Gasteiger partial charge is 0.337 e. The van der Waals surface area contributed by atoms with Crippen LogP contribution in [0, 0.1) is 5.82 Å². The van der Waals surface area contributed by atoms with E-state index in [1.165, 1.54) is 4.90 Å². The molecule has 0 bridgehead atoms. The number of hydrogen-bond acceptors (Lipinski definition) is 2. The Morgan fingerprint density at radius 2 is 2.14 bits per heavy atom. The van der Waals surface area contributed by atoms with E-state index in [0.717, 1.165) is 18.6 Å². The van der Waals surface area contributed by atoms with Crippen LogP contribution in [0.25, 0.3) is 0 Å². The molecule has 1 aromatic carbocycles. The predicted molar refractivity (Wildman–Crippen MR) is 73.8 cm³/mol. The van der Waals surface area contributed by atoms with Crippen molar-refractivity contribution >= 4 is 17.7 Å². The van der Waals surface area contributed by atoms with Gasteiger partial charge in [0, 0.05) is 24.1 Å². The summed E-state index contributed by atoms with van der Waals surface area (Å²) in [5.74, 6) is -1.44. The van der Waals surface area contributed by atoms with Gasteiger partial charge in [-0.05, 0) is 18.6 Å². The second-order valence-electron chi connectivity index (χ2n) is 4.82. The minimum Gasteiger partial charge on any atom is -0.337 e. The maximum absolute atomic E-state index is 14.0. The van der Waals surface area contributed by atoms with Crippen molar-refractivity contribution in [2.75, 3.05) is 18.8 Å². The topological polar surface area (TPSA) is 20.3 Å². The van der Waals surface area contributed by atoms with Crippen LogP contribution in [0.3, 0.4) is 0 Å². The van der Waals surface area contributed by atoms with E-state index in [1.807, 2.05) is 6.92 Å². The molecule has 1 heterocycles. The fraction of sp³-hybridized carbons (Fsp3) is 0.500. The molecule has 116 valence electrons. The number of nitrogens with zero attached hydrogens (tertiary/aromatic N) is 1. The van der Waals surface area contributed by atoms with Gasteiger partial charge in [0.05, 0.1) is 11.1 Å². The number of rotatable bonds is 2. The number of amides is 1. The molecule has 7 heteroatoms. The largest absolute Gasteiger partial charge is 0.419 e. The van der Waals surface area contributed by atoms with Crippen molar-refractivity contribution in [2.45, 2.75) is 24.8 Å². The van der Waals surface area contributed by atoms with Crippen molar-refractivity contribution in [3.8, 4) is 0 Å². The van der Waals surface area contributed by atoms with Gasteiger partial charge in [-0.25, -0.2) is 4.39 Å². The Morgan fingerprint density at radius 3 is 2.76 bits per heavy atom. The normalized spacial score (nSPS) is 19.7. The van der Waals surface area contributed by atoms with Gasteiger partial charge in [0.1, 0.15) is 5.82 Å². The van der Waals surface area contributed by atoms with Crippen LogP contribution >= 0.6 is 11.8 Å². The first-order valence-electron chi connectivity index (χ1n) is 6.61. The van der Waals surface area contributed by atoms with Crippen LogP contribution in [0.1, 0.15) is 29.3 Å². The fourth-order valence-electron chi connectivity index (χ4n) is 2.24. The van der Waals surface area contributed by atoms with Crippen molar-refractivity contribution in [2.24, 2.45) is 0 Å². The van der Waals surface area contributed by atoms with E-state index in [4.69, 9.17) is 0 Å². The quantitative estimate of drug-likeness (QED) is 0.772. The minimum atomic E-state index is -4.80. The van der Waals surface area contributed by atoms with Crippen LogP contribution in [-0.2, 0) is 6.18 Å². The van der Waals surface area contributed by atoms with Crippen LogP contribution in [0.4, 0.5) is 17.6 Å². The van der Waals surface area contributed by atoms with Crippen LogP contribution in [0.2, 0.25) is 0 Å². The molecule has 1 aliphatic rings. The van der Waals surface area contributed by atoms with E-state index >= 15 is 0 Å². The summed E-state index contributed by atoms with van der Waals surface area (Å²) in [7, 11) is 0. The van der Waals surface area contributed by atoms with Crippen LogP contribution in [0.5, 0.6) is 0 Å². The van der Waals surface area contributed by atoms with E-state index < -0.39 is 29.0 Å². The van der Waals surface area contributed by atoms with Gasteiger partial charge in [-0.1, -0.05) is 13.0 Å². The van der Waals surface area contributed by atoms with Crippen molar-refractivity contribution in [3.63, 3.8) is 0 Å². The van der Waals surface area contributed by atoms with E-state index in [1.54, 1.807) is 11.8 Å². The van der Waals surface area contributed by atoms with Gasteiger partial charge < -0.3 is 4.90 Å². The van der Waals surface area contributed by atoms with E-state index in [9.17, 15) is 22.4 Å². The number of carbonyl (C=O) groups excluding carboxylic acids is 1. The molecule has 0 radical (unpaired) electrons. The van der Waals surface area contributed by atoms with Crippen molar-refractivity contribution < 1.29 is 22.4 Å². The highest BCUT2D eigenvalue weighted by molar-refractivity contribution is 8.00. The molecule has 1 atom stereocenters. The summed E-state index contributed by atoms with van der Waals surface area (Å²) in [4.78, 5) is 13.7. The van der Waals surface area contributed by atoms with Gasteiger partial charge in [0.25, 0.3) is 5.91 Å². The standard InChI is InChI=1S/C14H15F4NOS/c1-2-9-8-19(6-7-21-9)13(20)10-4-3-5-11(12(10)15)14(16,17)18/h3-5,9H,2,6-8H2,1H3. The van der Waals surface area contributed by atoms with Crippen LogP contribution in [0.15, 0.2) is 18.2 Å². The lowest BCUT2D eigenvalue weighted by atomic mass is 10.1. The van der Waals surface area contributed by atoms with Gasteiger partial charge in [-0.3, -0.25) is 4.79 Å². The monoisotopic (exact) mass is 321 g/mol. The summed E-state index contributed by atoms with van der Waals surface area (Å²) in [5.41, 5.74) is -1.90. The molecule has 0 aromatic heterocycles. The number of hydrogen-bond donors (Lipinski definition) is 0. The van der Waals surface area contributed by atoms with E-state index in [0.29, 0.717) is 24.9 Å². The number of carbonyl (C=O) groups is 1. The van der Waals surface area contributed by atoms with Gasteiger partial charge >= 0.3 is 6.18 Å². The molecule has 1 aliphatic heterocycles. The van der Waals surface area contributed by atoms with Crippen molar-refractivity contribution in [1.82, 2.24) is 4.90 Å². The summed E-state index contributed by atoms with van der Waals surface area (Å²) < 4.78 is 52.0. The van der Waals surface area contributed by atoms with Crippen LogP contribution in [-0.4, -0.2) is 34.9 Å². The third-order valence-corrected chi connectivity index (χ3v) is 4.79. The Kier molecular flexibility index (Phi) is 4.81. The molecule has 2 nitrogen and oxygen atoms in total. The third-order valence-electron chi connectivity index (χ3n) is 3.42. The Balaban J connectivity index is 2.27. The summed E-state index contributed by atoms with van der Waals surface area (Å²) in [6, 6.07) is 2.82. The third kappa shape index (κ3) is 3.51. The Bertz CT molecular complexity index is 532. The highest BCUT2D eigenvalue weighted by Gasteiger charge is 2.36. The molecule has 0 aliphatic carbocycles. The van der Waals surface area contributed by atoms with E-state index in [2.05, 4.69) is 0 Å². The molecule has 21 heavy (non-hydrogen) atoms. The zero-order valence-electron chi connectivity index (χ0n) is 11.4. The number of halogens is 4. The average Bonchev–Trinajstić information content (AvgIpc) is 2.45. The predicted octanol–water partition coefficient (Wildman–Crippen LogP) is 3.81. The molecule has 2 rings (SSSR count). The number of thioether (sulfide) groups is 1. The SMILES string of the molecule is CCC1CN(C(=O)c2cccc(C(F)(F)F)c2F)CCS1. The first-order valence-corrected chi connectivity index (χ1v) is 7.66.